The lowest BCUT2D eigenvalue weighted by Crippen LogP contribution is -2.29. The predicted molar refractivity (Wildman–Crippen MR) is 129 cm³/mol. The van der Waals surface area contributed by atoms with Crippen molar-refractivity contribution in [1.29, 1.82) is 0 Å². The van der Waals surface area contributed by atoms with Gasteiger partial charge in [0.2, 0.25) is 0 Å². The van der Waals surface area contributed by atoms with E-state index in [0.29, 0.717) is 30.7 Å². The highest BCUT2D eigenvalue weighted by Gasteiger charge is 2.28. The fourth-order valence-electron chi connectivity index (χ4n) is 3.20. The summed E-state index contributed by atoms with van der Waals surface area (Å²) in [7, 11) is 1.44. The molecular formula is C24H30N2O7S. The lowest BCUT2D eigenvalue weighted by atomic mass is 9.99. The van der Waals surface area contributed by atoms with E-state index in [1.165, 1.54) is 24.7 Å². The molecule has 0 saturated heterocycles. The van der Waals surface area contributed by atoms with Crippen LogP contribution in [0.25, 0.3) is 0 Å². The van der Waals surface area contributed by atoms with Crippen molar-refractivity contribution in [3.8, 4) is 11.5 Å². The number of aromatic hydroxyl groups is 1. The number of carbonyl (C=O) groups excluding carboxylic acids is 2. The number of rotatable bonds is 12. The molecule has 0 fully saturated rings. The molecule has 0 aliphatic rings. The van der Waals surface area contributed by atoms with Crippen molar-refractivity contribution in [2.75, 3.05) is 25.3 Å². The highest BCUT2D eigenvalue weighted by atomic mass is 32.2. The Morgan fingerprint density at radius 1 is 1.18 bits per heavy atom. The lowest BCUT2D eigenvalue weighted by Gasteiger charge is -2.27. The van der Waals surface area contributed by atoms with Gasteiger partial charge in [-0.15, -0.1) is 11.8 Å². The first kappa shape index (κ1) is 27.0. The molecule has 0 aliphatic heterocycles. The lowest BCUT2D eigenvalue weighted by molar-refractivity contribution is -0.124. The van der Waals surface area contributed by atoms with Crippen molar-refractivity contribution in [2.24, 2.45) is 0 Å². The Labute approximate surface area is 203 Å². The van der Waals surface area contributed by atoms with E-state index in [2.05, 4.69) is 5.32 Å². The molecule has 2 atom stereocenters. The number of anilines is 1. The summed E-state index contributed by atoms with van der Waals surface area (Å²) >= 11 is 1.59. The number of phenols is 1. The van der Waals surface area contributed by atoms with E-state index in [-0.39, 0.29) is 11.5 Å². The Hall–Kier alpha value is -3.21. The minimum absolute atomic E-state index is 0.101. The maximum Gasteiger partial charge on any atom is 0.412 e. The number of benzene rings is 2. The molecule has 0 bridgehead atoms. The molecule has 0 unspecified atom stereocenters. The summed E-state index contributed by atoms with van der Waals surface area (Å²) in [4.78, 5) is 25.0. The van der Waals surface area contributed by atoms with Crippen LogP contribution in [0.4, 0.5) is 10.5 Å². The van der Waals surface area contributed by atoms with Crippen molar-refractivity contribution in [1.82, 2.24) is 5.48 Å². The number of allylic oxidation sites excluding steroid dienone is 1. The van der Waals surface area contributed by atoms with Gasteiger partial charge in [-0.1, -0.05) is 12.1 Å². The van der Waals surface area contributed by atoms with E-state index in [1.54, 1.807) is 42.1 Å². The average molecular weight is 491 g/mol. The highest BCUT2D eigenvalue weighted by molar-refractivity contribution is 7.98. The molecule has 0 aliphatic carbocycles. The summed E-state index contributed by atoms with van der Waals surface area (Å²) in [6.45, 7) is 2.17. The third-order valence-corrected chi connectivity index (χ3v) is 5.56. The summed E-state index contributed by atoms with van der Waals surface area (Å²) in [6.07, 6.45) is 3.43. The fraction of sp³-hybridized carbons (Fsp3) is 0.333. The zero-order valence-corrected chi connectivity index (χ0v) is 20.1. The van der Waals surface area contributed by atoms with E-state index >= 15 is 0 Å². The van der Waals surface area contributed by atoms with Crippen LogP contribution in [-0.2, 0) is 14.3 Å². The SMILES string of the molecule is CCO[C@@H](CC/C=C/C(=O)NO)[C@@H](OC(=O)Nc1ccc(SC)cc1)c1ccc(OC)c(O)c1. The summed E-state index contributed by atoms with van der Waals surface area (Å²) in [5.74, 6) is -0.462. The van der Waals surface area contributed by atoms with Gasteiger partial charge in [-0.2, -0.15) is 0 Å². The molecule has 2 aromatic rings. The van der Waals surface area contributed by atoms with Gasteiger partial charge in [0.15, 0.2) is 17.6 Å². The first-order valence-corrected chi connectivity index (χ1v) is 11.8. The molecule has 184 valence electrons. The Morgan fingerprint density at radius 2 is 1.91 bits per heavy atom. The molecule has 2 rings (SSSR count). The second kappa shape index (κ2) is 14.1. The Kier molecular flexibility index (Phi) is 11.2. The normalized spacial score (nSPS) is 12.7. The maximum atomic E-state index is 12.7. The Morgan fingerprint density at radius 3 is 2.50 bits per heavy atom. The number of thioether (sulfide) groups is 1. The second-order valence-electron chi connectivity index (χ2n) is 7.06. The van der Waals surface area contributed by atoms with Gasteiger partial charge in [0.1, 0.15) is 0 Å². The van der Waals surface area contributed by atoms with Crippen LogP contribution in [0.1, 0.15) is 31.4 Å². The fourth-order valence-corrected chi connectivity index (χ4v) is 3.61. The zero-order chi connectivity index (χ0) is 24.9. The number of hydrogen-bond acceptors (Lipinski definition) is 8. The van der Waals surface area contributed by atoms with Crippen LogP contribution in [0.15, 0.2) is 59.5 Å². The van der Waals surface area contributed by atoms with Crippen molar-refractivity contribution < 1.29 is 34.1 Å². The van der Waals surface area contributed by atoms with Gasteiger partial charge in [-0.05, 0) is 68.0 Å². The maximum absolute atomic E-state index is 12.7. The molecule has 4 N–H and O–H groups in total. The number of amides is 2. The van der Waals surface area contributed by atoms with Crippen LogP contribution in [0.5, 0.6) is 11.5 Å². The number of carbonyl (C=O) groups is 2. The molecular weight excluding hydrogens is 460 g/mol. The van der Waals surface area contributed by atoms with E-state index in [1.807, 2.05) is 25.3 Å². The van der Waals surface area contributed by atoms with Gasteiger partial charge < -0.3 is 19.3 Å². The van der Waals surface area contributed by atoms with Crippen LogP contribution in [0, 0.1) is 0 Å². The topological polar surface area (TPSA) is 126 Å². The Bertz CT molecular complexity index is 966. The number of hydrogen-bond donors (Lipinski definition) is 4. The first-order valence-electron chi connectivity index (χ1n) is 10.6. The molecule has 0 aromatic heterocycles. The smallest absolute Gasteiger partial charge is 0.412 e. The van der Waals surface area contributed by atoms with Gasteiger partial charge in [0.25, 0.3) is 5.91 Å². The molecule has 0 radical (unpaired) electrons. The van der Waals surface area contributed by atoms with Crippen LogP contribution in [0.3, 0.4) is 0 Å². The standard InChI is InChI=1S/C24H30N2O7S/c1-4-32-21(7-5-6-8-22(28)26-30)23(16-9-14-20(31-2)19(27)15-16)33-24(29)25-17-10-12-18(34-3)13-11-17/h6,8-15,21,23,27,30H,4-5,7H2,1-3H3,(H,25,29)(H,26,28)/b8-6+/t21-,23-/m0/s1. The molecule has 2 aromatic carbocycles. The minimum atomic E-state index is -0.859. The molecule has 0 spiro atoms. The third kappa shape index (κ3) is 8.29. The van der Waals surface area contributed by atoms with E-state index in [9.17, 15) is 14.7 Å². The highest BCUT2D eigenvalue weighted by Crippen LogP contribution is 2.34. The summed E-state index contributed by atoms with van der Waals surface area (Å²) in [5.41, 5.74) is 2.61. The van der Waals surface area contributed by atoms with Crippen molar-refractivity contribution >= 4 is 29.4 Å². The van der Waals surface area contributed by atoms with Crippen LogP contribution in [-0.4, -0.2) is 48.4 Å². The number of ether oxygens (including phenoxy) is 3. The van der Waals surface area contributed by atoms with Crippen LogP contribution >= 0.6 is 11.8 Å². The van der Waals surface area contributed by atoms with Gasteiger partial charge >= 0.3 is 6.09 Å². The number of phenolic OH excluding ortho intramolecular Hbond substituents is 1. The van der Waals surface area contributed by atoms with Crippen LogP contribution in [0.2, 0.25) is 0 Å². The molecule has 0 heterocycles. The van der Waals surface area contributed by atoms with Crippen molar-refractivity contribution in [2.45, 2.75) is 36.9 Å². The first-order chi connectivity index (χ1) is 16.4. The quantitative estimate of drug-likeness (QED) is 0.146. The molecule has 10 heteroatoms. The average Bonchev–Trinajstić information content (AvgIpc) is 2.84. The molecule has 0 saturated carbocycles. The second-order valence-corrected chi connectivity index (χ2v) is 7.94. The number of nitrogens with one attached hydrogen (secondary N) is 2. The minimum Gasteiger partial charge on any atom is -0.504 e. The molecule has 2 amide bonds. The summed E-state index contributed by atoms with van der Waals surface area (Å²) < 4.78 is 16.7. The summed E-state index contributed by atoms with van der Waals surface area (Å²) in [5, 5.41) is 21.6. The van der Waals surface area contributed by atoms with Gasteiger partial charge in [0, 0.05) is 23.3 Å². The van der Waals surface area contributed by atoms with Gasteiger partial charge in [-0.25, -0.2) is 10.3 Å². The largest absolute Gasteiger partial charge is 0.504 e. The van der Waals surface area contributed by atoms with Crippen molar-refractivity contribution in [3.63, 3.8) is 0 Å². The van der Waals surface area contributed by atoms with E-state index in [4.69, 9.17) is 19.4 Å². The summed E-state index contributed by atoms with van der Waals surface area (Å²) in [6, 6.07) is 12.1. The van der Waals surface area contributed by atoms with E-state index in [0.717, 1.165) is 4.90 Å². The molecule has 9 nitrogen and oxygen atoms in total. The van der Waals surface area contributed by atoms with Crippen molar-refractivity contribution in [3.05, 3.63) is 60.2 Å². The number of hydroxylamine groups is 1. The Balaban J connectivity index is 2.25. The van der Waals surface area contributed by atoms with E-state index < -0.39 is 24.2 Å². The van der Waals surface area contributed by atoms with Gasteiger partial charge in [-0.3, -0.25) is 15.3 Å². The van der Waals surface area contributed by atoms with Gasteiger partial charge in [0.05, 0.1) is 13.2 Å². The number of methoxy groups -OCH3 is 1. The monoisotopic (exact) mass is 490 g/mol. The predicted octanol–water partition coefficient (Wildman–Crippen LogP) is 4.66. The molecule has 34 heavy (non-hydrogen) atoms. The zero-order valence-electron chi connectivity index (χ0n) is 19.3. The van der Waals surface area contributed by atoms with Crippen LogP contribution < -0.4 is 15.5 Å². The third-order valence-electron chi connectivity index (χ3n) is 4.82.